The Morgan fingerprint density at radius 1 is 1.25 bits per heavy atom. The van der Waals surface area contributed by atoms with Crippen LogP contribution in [0.15, 0.2) is 34.7 Å². The number of halogens is 2. The summed E-state index contributed by atoms with van der Waals surface area (Å²) >= 11 is 13.4. The number of anilines is 1. The molecule has 24 heavy (non-hydrogen) atoms. The van der Waals surface area contributed by atoms with Gasteiger partial charge in [-0.2, -0.15) is 0 Å². The van der Waals surface area contributed by atoms with Gasteiger partial charge in [-0.3, -0.25) is 10.1 Å². The summed E-state index contributed by atoms with van der Waals surface area (Å²) in [6, 6.07) is 8.35. The summed E-state index contributed by atoms with van der Waals surface area (Å²) in [4.78, 5) is 12.2. The summed E-state index contributed by atoms with van der Waals surface area (Å²) in [6.45, 7) is 2.06. The Balaban J connectivity index is 1.75. The topological polar surface area (TPSA) is 68.0 Å². The third-order valence-corrected chi connectivity index (χ3v) is 4.62. The normalized spacial score (nSPS) is 10.8. The van der Waals surface area contributed by atoms with Gasteiger partial charge >= 0.3 is 0 Å². The van der Waals surface area contributed by atoms with Crippen LogP contribution in [0.1, 0.15) is 28.9 Å². The molecule has 0 fully saturated rings. The molecule has 0 bridgehead atoms. The predicted molar refractivity (Wildman–Crippen MR) is 96.0 cm³/mol. The molecular weight excluding hydrogens is 369 g/mol. The first-order chi connectivity index (χ1) is 11.6. The Bertz CT molecular complexity index is 876. The smallest absolute Gasteiger partial charge is 0.293 e. The van der Waals surface area contributed by atoms with E-state index in [2.05, 4.69) is 22.4 Å². The van der Waals surface area contributed by atoms with Gasteiger partial charge in [0.25, 0.3) is 5.91 Å². The molecule has 3 rings (SSSR count). The molecule has 1 aromatic carbocycles. The van der Waals surface area contributed by atoms with Gasteiger partial charge < -0.3 is 4.42 Å². The number of amides is 1. The lowest BCUT2D eigenvalue weighted by molar-refractivity contribution is 0.0997. The van der Waals surface area contributed by atoms with Crippen molar-refractivity contribution in [1.82, 2.24) is 10.2 Å². The number of hydrogen-bond donors (Lipinski definition) is 1. The minimum atomic E-state index is -0.384. The van der Waals surface area contributed by atoms with Gasteiger partial charge in [0.1, 0.15) is 10.8 Å². The summed E-state index contributed by atoms with van der Waals surface area (Å²) in [6.07, 6.45) is 1.82. The highest BCUT2D eigenvalue weighted by Crippen LogP contribution is 2.31. The van der Waals surface area contributed by atoms with Crippen LogP contribution in [0.25, 0.3) is 11.3 Å². The summed E-state index contributed by atoms with van der Waals surface area (Å²) in [7, 11) is 0. The largest absolute Gasteiger partial charge is 0.451 e. The van der Waals surface area contributed by atoms with Crippen molar-refractivity contribution >= 4 is 45.6 Å². The molecule has 2 aromatic heterocycles. The zero-order valence-electron chi connectivity index (χ0n) is 12.7. The van der Waals surface area contributed by atoms with Gasteiger partial charge in [-0.25, -0.2) is 0 Å². The van der Waals surface area contributed by atoms with Crippen LogP contribution in [0, 0.1) is 0 Å². The van der Waals surface area contributed by atoms with E-state index in [0.29, 0.717) is 26.5 Å². The maximum atomic E-state index is 12.2. The van der Waals surface area contributed by atoms with E-state index in [1.807, 2.05) is 0 Å². The number of aromatic nitrogens is 2. The van der Waals surface area contributed by atoms with Crippen molar-refractivity contribution in [3.8, 4) is 11.3 Å². The standard InChI is InChI=1S/C16H13Cl2N3O2S/c1-2-3-14-20-21-16(24-14)19-15(22)13-7-6-12(23-13)10-5-4-9(17)8-11(10)18/h4-8H,2-3H2,1H3,(H,19,21,22). The zero-order chi connectivity index (χ0) is 17.1. The second-order valence-electron chi connectivity index (χ2n) is 4.99. The first kappa shape index (κ1) is 17.0. The molecule has 3 aromatic rings. The minimum Gasteiger partial charge on any atom is -0.451 e. The fourth-order valence-electron chi connectivity index (χ4n) is 2.07. The van der Waals surface area contributed by atoms with Crippen molar-refractivity contribution in [3.05, 3.63) is 51.1 Å². The zero-order valence-corrected chi connectivity index (χ0v) is 15.0. The molecule has 2 heterocycles. The van der Waals surface area contributed by atoms with Gasteiger partial charge in [-0.15, -0.1) is 10.2 Å². The Kier molecular flexibility index (Phi) is 5.18. The van der Waals surface area contributed by atoms with Gasteiger partial charge in [0.05, 0.1) is 5.02 Å². The lowest BCUT2D eigenvalue weighted by Crippen LogP contribution is -2.10. The summed E-state index contributed by atoms with van der Waals surface area (Å²) in [5.41, 5.74) is 0.668. The minimum absolute atomic E-state index is 0.170. The number of benzene rings is 1. The quantitative estimate of drug-likeness (QED) is 0.649. The number of nitrogens with zero attached hydrogens (tertiary/aromatic N) is 2. The fourth-order valence-corrected chi connectivity index (χ4v) is 3.41. The number of rotatable bonds is 5. The summed E-state index contributed by atoms with van der Waals surface area (Å²) in [5, 5.41) is 13.0. The number of furan rings is 1. The summed E-state index contributed by atoms with van der Waals surface area (Å²) in [5.74, 6) is 0.277. The molecule has 0 aliphatic carbocycles. The van der Waals surface area contributed by atoms with Gasteiger partial charge in [0.15, 0.2) is 5.76 Å². The third-order valence-electron chi connectivity index (χ3n) is 3.18. The molecule has 0 radical (unpaired) electrons. The highest BCUT2D eigenvalue weighted by atomic mass is 35.5. The van der Waals surface area contributed by atoms with Crippen LogP contribution in [0.3, 0.4) is 0 Å². The van der Waals surface area contributed by atoms with Crippen molar-refractivity contribution in [1.29, 1.82) is 0 Å². The molecule has 0 aliphatic rings. The Hall–Kier alpha value is -1.89. The van der Waals surface area contributed by atoms with E-state index in [9.17, 15) is 4.79 Å². The Morgan fingerprint density at radius 3 is 2.83 bits per heavy atom. The van der Waals surface area contributed by atoms with Crippen LogP contribution in [-0.4, -0.2) is 16.1 Å². The molecule has 1 amide bonds. The van der Waals surface area contributed by atoms with Crippen LogP contribution >= 0.6 is 34.5 Å². The van der Waals surface area contributed by atoms with E-state index in [1.54, 1.807) is 30.3 Å². The third kappa shape index (κ3) is 3.77. The molecule has 0 aliphatic heterocycles. The molecule has 5 nitrogen and oxygen atoms in total. The van der Waals surface area contributed by atoms with Crippen LogP contribution in [0.5, 0.6) is 0 Å². The van der Waals surface area contributed by atoms with Crippen molar-refractivity contribution in [2.45, 2.75) is 19.8 Å². The SMILES string of the molecule is CCCc1nnc(NC(=O)c2ccc(-c3ccc(Cl)cc3Cl)o2)s1. The van der Waals surface area contributed by atoms with E-state index >= 15 is 0 Å². The number of carbonyl (C=O) groups is 1. The molecule has 0 atom stereocenters. The van der Waals surface area contributed by atoms with Gasteiger partial charge in [-0.1, -0.05) is 41.5 Å². The van der Waals surface area contributed by atoms with Crippen molar-refractivity contribution in [2.24, 2.45) is 0 Å². The van der Waals surface area contributed by atoms with E-state index < -0.39 is 0 Å². The number of nitrogens with one attached hydrogen (secondary N) is 1. The average molecular weight is 382 g/mol. The van der Waals surface area contributed by atoms with E-state index in [-0.39, 0.29) is 11.7 Å². The lowest BCUT2D eigenvalue weighted by Gasteiger charge is -2.01. The van der Waals surface area contributed by atoms with Crippen LogP contribution in [0.4, 0.5) is 5.13 Å². The van der Waals surface area contributed by atoms with Crippen LogP contribution in [-0.2, 0) is 6.42 Å². The van der Waals surface area contributed by atoms with E-state index in [1.165, 1.54) is 11.3 Å². The van der Waals surface area contributed by atoms with Gasteiger partial charge in [0, 0.05) is 17.0 Å². The maximum Gasteiger partial charge on any atom is 0.293 e. The highest BCUT2D eigenvalue weighted by Gasteiger charge is 2.16. The molecule has 1 N–H and O–H groups in total. The molecule has 0 saturated carbocycles. The predicted octanol–water partition coefficient (Wildman–Crippen LogP) is 5.31. The maximum absolute atomic E-state index is 12.2. The van der Waals surface area contributed by atoms with E-state index in [0.717, 1.165) is 17.8 Å². The number of aryl methyl sites for hydroxylation is 1. The first-order valence-electron chi connectivity index (χ1n) is 7.26. The second kappa shape index (κ2) is 7.34. The van der Waals surface area contributed by atoms with Crippen molar-refractivity contribution in [2.75, 3.05) is 5.32 Å². The second-order valence-corrected chi connectivity index (χ2v) is 6.90. The number of hydrogen-bond acceptors (Lipinski definition) is 5. The Labute approximate surface area is 152 Å². The fraction of sp³-hybridized carbons (Fsp3) is 0.188. The van der Waals surface area contributed by atoms with Crippen molar-refractivity contribution < 1.29 is 9.21 Å². The molecule has 0 saturated heterocycles. The van der Waals surface area contributed by atoms with Gasteiger partial charge in [-0.05, 0) is 36.8 Å². The number of carbonyl (C=O) groups excluding carboxylic acids is 1. The first-order valence-corrected chi connectivity index (χ1v) is 8.83. The van der Waals surface area contributed by atoms with E-state index in [4.69, 9.17) is 27.6 Å². The van der Waals surface area contributed by atoms with Crippen LogP contribution in [0.2, 0.25) is 10.0 Å². The molecule has 0 spiro atoms. The molecule has 124 valence electrons. The molecular formula is C16H13Cl2N3O2S. The summed E-state index contributed by atoms with van der Waals surface area (Å²) < 4.78 is 5.60. The highest BCUT2D eigenvalue weighted by molar-refractivity contribution is 7.15. The van der Waals surface area contributed by atoms with Crippen LogP contribution < -0.4 is 5.32 Å². The Morgan fingerprint density at radius 2 is 2.08 bits per heavy atom. The molecule has 0 unspecified atom stereocenters. The van der Waals surface area contributed by atoms with Crippen molar-refractivity contribution in [3.63, 3.8) is 0 Å². The molecule has 8 heteroatoms. The monoisotopic (exact) mass is 381 g/mol. The lowest BCUT2D eigenvalue weighted by atomic mass is 10.2. The van der Waals surface area contributed by atoms with Gasteiger partial charge in [0.2, 0.25) is 5.13 Å². The average Bonchev–Trinajstić information content (AvgIpc) is 3.17.